The van der Waals surface area contributed by atoms with Gasteiger partial charge in [-0.1, -0.05) is 55.4 Å². The van der Waals surface area contributed by atoms with Gasteiger partial charge in [0.1, 0.15) is 0 Å². The van der Waals surface area contributed by atoms with Crippen LogP contribution in [0.15, 0.2) is 0 Å². The van der Waals surface area contributed by atoms with E-state index in [-0.39, 0.29) is 37.7 Å². The summed E-state index contributed by atoms with van der Waals surface area (Å²) in [6.45, 7) is 16.8. The normalized spacial score (nSPS) is 9.75. The first-order valence-corrected chi connectivity index (χ1v) is 5.65. The molecular formula is C12H28Li2N2. The maximum atomic E-state index is 4.28. The minimum absolute atomic E-state index is 0. The molecule has 0 spiro atoms. The van der Waals surface area contributed by atoms with E-state index in [9.17, 15) is 0 Å². The van der Waals surface area contributed by atoms with Gasteiger partial charge in [-0.15, -0.1) is 24.2 Å². The third kappa shape index (κ3) is 36.2. The van der Waals surface area contributed by atoms with Crippen LogP contribution in [0.5, 0.6) is 0 Å². The van der Waals surface area contributed by atoms with Crippen LogP contribution in [-0.4, -0.2) is 24.2 Å². The average Bonchev–Trinajstić information content (AvgIpc) is 1.79. The van der Waals surface area contributed by atoms with Crippen molar-refractivity contribution in [3.05, 3.63) is 10.6 Å². The van der Waals surface area contributed by atoms with Crippen molar-refractivity contribution >= 4 is 0 Å². The molecule has 0 heterocycles. The van der Waals surface area contributed by atoms with E-state index in [1.807, 2.05) is 0 Å². The summed E-state index contributed by atoms with van der Waals surface area (Å²) in [4.78, 5) is 0. The molecule has 0 rings (SSSR count). The third-order valence-electron chi connectivity index (χ3n) is 1.19. The van der Waals surface area contributed by atoms with Gasteiger partial charge in [-0.2, -0.15) is 0 Å². The zero-order valence-corrected chi connectivity index (χ0v) is 13.2. The Morgan fingerprint density at radius 1 is 0.438 bits per heavy atom. The molecule has 88 valence electrons. The maximum absolute atomic E-state index is 4.28. The van der Waals surface area contributed by atoms with Crippen LogP contribution < -0.4 is 37.7 Å². The van der Waals surface area contributed by atoms with E-state index >= 15 is 0 Å². The van der Waals surface area contributed by atoms with Crippen LogP contribution in [0.2, 0.25) is 0 Å². The second-order valence-corrected chi connectivity index (χ2v) is 4.67. The fourth-order valence-electron chi connectivity index (χ4n) is 1.19. The molecule has 0 amide bonds. The largest absolute Gasteiger partial charge is 1.00 e. The fraction of sp³-hybridized carbons (Fsp3) is 1.00. The Bertz CT molecular complexity index is 89.6. The average molecular weight is 214 g/mol. The zero-order chi connectivity index (χ0) is 11.7. The summed E-state index contributed by atoms with van der Waals surface area (Å²) in [5.74, 6) is 0. The summed E-state index contributed by atoms with van der Waals surface area (Å²) >= 11 is 0. The Hall–Kier alpha value is 1.11. The molecule has 0 atom stereocenters. The molecule has 0 unspecified atom stereocenters. The second kappa shape index (κ2) is 16.1. The third-order valence-corrected chi connectivity index (χ3v) is 1.19. The maximum Gasteiger partial charge on any atom is 1.00 e. The summed E-state index contributed by atoms with van der Waals surface area (Å²) in [6.07, 6.45) is 0. The molecule has 0 N–H and O–H groups in total. The first-order valence-electron chi connectivity index (χ1n) is 5.65. The van der Waals surface area contributed by atoms with Gasteiger partial charge in [0.15, 0.2) is 0 Å². The van der Waals surface area contributed by atoms with Gasteiger partial charge in [-0.25, -0.2) is 0 Å². The number of hydrogen-bond donors (Lipinski definition) is 0. The molecule has 0 aliphatic heterocycles. The van der Waals surface area contributed by atoms with Crippen molar-refractivity contribution in [2.75, 3.05) is 0 Å². The van der Waals surface area contributed by atoms with Crippen LogP contribution in [0.4, 0.5) is 0 Å². The molecule has 0 aliphatic rings. The van der Waals surface area contributed by atoms with Crippen molar-refractivity contribution in [3.63, 3.8) is 0 Å². The van der Waals surface area contributed by atoms with Crippen molar-refractivity contribution in [1.82, 2.24) is 0 Å². The molecule has 0 aromatic heterocycles. The van der Waals surface area contributed by atoms with E-state index < -0.39 is 0 Å². The van der Waals surface area contributed by atoms with Gasteiger partial charge in [0, 0.05) is 0 Å². The Balaban J connectivity index is -0.0000000800. The van der Waals surface area contributed by atoms with Gasteiger partial charge in [-0.05, 0) is 0 Å². The number of nitrogens with zero attached hydrogens (tertiary/aromatic N) is 2. The van der Waals surface area contributed by atoms with Gasteiger partial charge < -0.3 is 10.6 Å². The summed E-state index contributed by atoms with van der Waals surface area (Å²) < 4.78 is 0. The monoisotopic (exact) mass is 214 g/mol. The van der Waals surface area contributed by atoms with Crippen molar-refractivity contribution in [1.29, 1.82) is 0 Å². The van der Waals surface area contributed by atoms with Crippen molar-refractivity contribution in [3.8, 4) is 0 Å². The Kier molecular flexibility index (Phi) is 26.0. The molecule has 0 aliphatic carbocycles. The molecule has 0 saturated carbocycles. The predicted molar refractivity (Wildman–Crippen MR) is 67.3 cm³/mol. The second-order valence-electron chi connectivity index (χ2n) is 4.67. The van der Waals surface area contributed by atoms with Crippen LogP contribution in [0.25, 0.3) is 10.6 Å². The van der Waals surface area contributed by atoms with Crippen LogP contribution in [0.1, 0.15) is 55.4 Å². The fourth-order valence-corrected chi connectivity index (χ4v) is 1.19. The molecule has 0 saturated heterocycles. The molecule has 0 aromatic carbocycles. The van der Waals surface area contributed by atoms with E-state index in [0.29, 0.717) is 24.2 Å². The zero-order valence-electron chi connectivity index (χ0n) is 13.2. The summed E-state index contributed by atoms with van der Waals surface area (Å²) in [6, 6.07) is 2.00. The van der Waals surface area contributed by atoms with E-state index in [4.69, 9.17) is 0 Å². The van der Waals surface area contributed by atoms with E-state index in [1.54, 1.807) is 0 Å². The van der Waals surface area contributed by atoms with Crippen LogP contribution >= 0.6 is 0 Å². The topological polar surface area (TPSA) is 28.2 Å². The standard InChI is InChI=1S/2C6H14N.2Li/c2*1-5(2)7-6(3)4;;/h2*5-6H,1-4H3;;/q2*-1;2*+1. The van der Waals surface area contributed by atoms with Crippen molar-refractivity contribution < 1.29 is 37.7 Å². The molecule has 16 heavy (non-hydrogen) atoms. The summed E-state index contributed by atoms with van der Waals surface area (Å²) in [5.41, 5.74) is 0. The van der Waals surface area contributed by atoms with Gasteiger partial charge in [0.2, 0.25) is 0 Å². The van der Waals surface area contributed by atoms with E-state index in [2.05, 4.69) is 66.0 Å². The van der Waals surface area contributed by atoms with Gasteiger partial charge >= 0.3 is 37.7 Å². The first-order chi connectivity index (χ1) is 6.25. The van der Waals surface area contributed by atoms with Crippen LogP contribution in [-0.2, 0) is 0 Å². The minimum Gasteiger partial charge on any atom is -0.658 e. The van der Waals surface area contributed by atoms with Crippen LogP contribution in [0.3, 0.4) is 0 Å². The van der Waals surface area contributed by atoms with E-state index in [1.165, 1.54) is 0 Å². The summed E-state index contributed by atoms with van der Waals surface area (Å²) in [7, 11) is 0. The van der Waals surface area contributed by atoms with E-state index in [0.717, 1.165) is 0 Å². The first kappa shape index (κ1) is 25.8. The van der Waals surface area contributed by atoms with Gasteiger partial charge in [0.05, 0.1) is 0 Å². The van der Waals surface area contributed by atoms with Crippen molar-refractivity contribution in [2.45, 2.75) is 79.6 Å². The minimum atomic E-state index is 0. The molecule has 4 heteroatoms. The summed E-state index contributed by atoms with van der Waals surface area (Å²) in [5, 5.41) is 8.56. The quantitative estimate of drug-likeness (QED) is 0.502. The SMILES string of the molecule is CC(C)[N-]C(C)C.CC(C)[N-]C(C)C.[Li+].[Li+]. The molecule has 2 nitrogen and oxygen atoms in total. The van der Waals surface area contributed by atoms with Gasteiger partial charge in [0.25, 0.3) is 0 Å². The Labute approximate surface area is 127 Å². The number of rotatable bonds is 4. The van der Waals surface area contributed by atoms with Gasteiger partial charge in [-0.3, -0.25) is 0 Å². The number of hydrogen-bond acceptors (Lipinski definition) is 0. The van der Waals surface area contributed by atoms with Crippen LogP contribution in [0, 0.1) is 0 Å². The molecule has 0 fully saturated rings. The molecule has 0 radical (unpaired) electrons. The van der Waals surface area contributed by atoms with Crippen molar-refractivity contribution in [2.24, 2.45) is 0 Å². The Morgan fingerprint density at radius 3 is 0.562 bits per heavy atom. The molecule has 0 aromatic rings. The predicted octanol–water partition coefficient (Wildman–Crippen LogP) is -1.64. The molecule has 0 bridgehead atoms. The Morgan fingerprint density at radius 2 is 0.562 bits per heavy atom. The smallest absolute Gasteiger partial charge is 0.658 e. The molecular weight excluding hydrogens is 186 g/mol.